The molecule has 3 heteroatoms. The molecule has 0 atom stereocenters. The zero-order chi connectivity index (χ0) is 13.2. The van der Waals surface area contributed by atoms with Gasteiger partial charge in [0.2, 0.25) is 5.52 Å². The minimum Gasteiger partial charge on any atom is -0.399 e. The van der Waals surface area contributed by atoms with E-state index in [1.807, 2.05) is 12.1 Å². The Morgan fingerprint density at radius 3 is 2.67 bits per heavy atom. The zero-order valence-corrected chi connectivity index (χ0v) is 11.6. The maximum absolute atomic E-state index is 5.82. The van der Waals surface area contributed by atoms with Crippen molar-refractivity contribution in [2.45, 2.75) is 13.0 Å². The van der Waals surface area contributed by atoms with Crippen LogP contribution in [0.4, 0.5) is 5.69 Å². The van der Waals surface area contributed by atoms with Crippen LogP contribution >= 0.6 is 0 Å². The molecule has 18 heavy (non-hydrogen) atoms. The number of benzene rings is 1. The molecule has 0 saturated carbocycles. The van der Waals surface area contributed by atoms with Crippen LogP contribution in [0, 0.1) is 0 Å². The molecule has 2 rings (SSSR count). The van der Waals surface area contributed by atoms with Gasteiger partial charge in [-0.15, -0.1) is 0 Å². The number of nitrogens with two attached hydrogens (primary N) is 1. The van der Waals surface area contributed by atoms with Crippen molar-refractivity contribution < 1.29 is 9.05 Å². The first-order valence-corrected chi connectivity index (χ1v) is 6.44. The van der Waals surface area contributed by atoms with Crippen molar-refractivity contribution in [3.63, 3.8) is 0 Å². The SMILES string of the molecule is C[N+](C)(C)CCC[n+]1cccc2cc(N)ccc21. The van der Waals surface area contributed by atoms with Gasteiger partial charge in [-0.05, 0) is 18.2 Å². The summed E-state index contributed by atoms with van der Waals surface area (Å²) in [5.41, 5.74) is 7.90. The molecule has 0 saturated heterocycles. The Morgan fingerprint density at radius 1 is 1.17 bits per heavy atom. The normalized spacial score (nSPS) is 11.9. The highest BCUT2D eigenvalue weighted by Gasteiger charge is 2.11. The van der Waals surface area contributed by atoms with Gasteiger partial charge in [-0.25, -0.2) is 0 Å². The Kier molecular flexibility index (Phi) is 3.53. The lowest BCUT2D eigenvalue weighted by Crippen LogP contribution is -2.40. The number of quaternary nitrogens is 1. The average Bonchev–Trinajstić information content (AvgIpc) is 2.27. The molecule has 0 bridgehead atoms. The number of pyridine rings is 1. The maximum atomic E-state index is 5.82. The van der Waals surface area contributed by atoms with Crippen LogP contribution in [-0.4, -0.2) is 32.2 Å². The summed E-state index contributed by atoms with van der Waals surface area (Å²) >= 11 is 0. The smallest absolute Gasteiger partial charge is 0.212 e. The maximum Gasteiger partial charge on any atom is 0.212 e. The lowest BCUT2D eigenvalue weighted by Gasteiger charge is -2.22. The van der Waals surface area contributed by atoms with E-state index >= 15 is 0 Å². The first-order valence-electron chi connectivity index (χ1n) is 6.44. The first kappa shape index (κ1) is 12.8. The molecule has 0 spiro atoms. The fraction of sp³-hybridized carbons (Fsp3) is 0.400. The van der Waals surface area contributed by atoms with Gasteiger partial charge in [0.25, 0.3) is 0 Å². The number of hydrogen-bond acceptors (Lipinski definition) is 1. The molecule has 0 amide bonds. The lowest BCUT2D eigenvalue weighted by atomic mass is 10.2. The summed E-state index contributed by atoms with van der Waals surface area (Å²) in [6.07, 6.45) is 3.33. The van der Waals surface area contributed by atoms with Gasteiger partial charge in [0, 0.05) is 23.2 Å². The fourth-order valence-corrected chi connectivity index (χ4v) is 2.21. The summed E-state index contributed by atoms with van der Waals surface area (Å²) in [5, 5.41) is 1.21. The molecule has 0 aliphatic carbocycles. The number of nitrogens with zero attached hydrogens (tertiary/aromatic N) is 2. The summed E-state index contributed by atoms with van der Waals surface area (Å²) in [7, 11) is 6.69. The van der Waals surface area contributed by atoms with Crippen LogP contribution in [-0.2, 0) is 6.54 Å². The Morgan fingerprint density at radius 2 is 1.94 bits per heavy atom. The summed E-state index contributed by atoms with van der Waals surface area (Å²) in [5.74, 6) is 0. The summed E-state index contributed by atoms with van der Waals surface area (Å²) in [6.45, 7) is 2.23. The third kappa shape index (κ3) is 3.20. The van der Waals surface area contributed by atoms with Crippen LogP contribution < -0.4 is 10.3 Å². The van der Waals surface area contributed by atoms with Gasteiger partial charge >= 0.3 is 0 Å². The van der Waals surface area contributed by atoms with E-state index in [0.29, 0.717) is 0 Å². The van der Waals surface area contributed by atoms with Gasteiger partial charge in [0.15, 0.2) is 12.7 Å². The van der Waals surface area contributed by atoms with Crippen molar-refractivity contribution in [2.24, 2.45) is 0 Å². The van der Waals surface area contributed by atoms with Crippen LogP contribution in [0.15, 0.2) is 36.5 Å². The topological polar surface area (TPSA) is 29.9 Å². The molecule has 0 radical (unpaired) electrons. The van der Waals surface area contributed by atoms with E-state index in [-0.39, 0.29) is 0 Å². The lowest BCUT2D eigenvalue weighted by molar-refractivity contribution is -0.873. The minimum atomic E-state index is 0.826. The quantitative estimate of drug-likeness (QED) is 0.497. The molecule has 0 fully saturated rings. The van der Waals surface area contributed by atoms with Crippen molar-refractivity contribution >= 4 is 16.6 Å². The highest BCUT2D eigenvalue weighted by atomic mass is 15.3. The predicted octanol–water partition coefficient (Wildman–Crippen LogP) is 1.81. The highest BCUT2D eigenvalue weighted by molar-refractivity contribution is 5.79. The standard InChI is InChI=1S/C15H23N3/c1-18(2,3)11-5-10-17-9-4-6-13-12-14(16)7-8-15(13)17/h4,6-9,12H,5,10-11,16H2,1-3H3/q+2. The average molecular weight is 245 g/mol. The summed E-state index contributed by atoms with van der Waals surface area (Å²) < 4.78 is 3.32. The summed E-state index contributed by atoms with van der Waals surface area (Å²) in [6, 6.07) is 10.3. The van der Waals surface area contributed by atoms with Crippen molar-refractivity contribution in [1.82, 2.24) is 0 Å². The fourth-order valence-electron chi connectivity index (χ4n) is 2.21. The van der Waals surface area contributed by atoms with Crippen LogP contribution in [0.1, 0.15) is 6.42 Å². The van der Waals surface area contributed by atoms with Crippen LogP contribution in [0.2, 0.25) is 0 Å². The largest absolute Gasteiger partial charge is 0.399 e. The van der Waals surface area contributed by atoms with Crippen molar-refractivity contribution in [3.05, 3.63) is 36.5 Å². The van der Waals surface area contributed by atoms with Crippen LogP contribution in [0.25, 0.3) is 10.9 Å². The van der Waals surface area contributed by atoms with Crippen molar-refractivity contribution in [1.29, 1.82) is 0 Å². The Balaban J connectivity index is 2.18. The molecule has 1 aromatic carbocycles. The number of aromatic nitrogens is 1. The van der Waals surface area contributed by atoms with E-state index in [1.54, 1.807) is 0 Å². The molecule has 0 aliphatic heterocycles. The van der Waals surface area contributed by atoms with E-state index < -0.39 is 0 Å². The molecule has 96 valence electrons. The van der Waals surface area contributed by atoms with Crippen LogP contribution in [0.3, 0.4) is 0 Å². The van der Waals surface area contributed by atoms with Crippen molar-refractivity contribution in [3.8, 4) is 0 Å². The Hall–Kier alpha value is -1.61. The Bertz CT molecular complexity index is 541. The molecular formula is C15H23N3+2. The summed E-state index contributed by atoms with van der Waals surface area (Å²) in [4.78, 5) is 0. The van der Waals surface area contributed by atoms with Gasteiger partial charge in [0.1, 0.15) is 0 Å². The monoisotopic (exact) mass is 245 g/mol. The van der Waals surface area contributed by atoms with E-state index in [9.17, 15) is 0 Å². The molecule has 3 nitrogen and oxygen atoms in total. The highest BCUT2D eigenvalue weighted by Crippen LogP contribution is 2.13. The predicted molar refractivity (Wildman–Crippen MR) is 76.1 cm³/mol. The second-order valence-corrected chi connectivity index (χ2v) is 5.89. The molecule has 0 aliphatic rings. The third-order valence-electron chi connectivity index (χ3n) is 3.13. The van der Waals surface area contributed by atoms with Crippen LogP contribution in [0.5, 0.6) is 0 Å². The molecule has 1 heterocycles. The van der Waals surface area contributed by atoms with E-state index in [2.05, 4.69) is 50.1 Å². The van der Waals surface area contributed by atoms with Gasteiger partial charge in [-0.2, -0.15) is 4.57 Å². The van der Waals surface area contributed by atoms with Crippen molar-refractivity contribution in [2.75, 3.05) is 33.4 Å². The van der Waals surface area contributed by atoms with Gasteiger partial charge in [-0.1, -0.05) is 0 Å². The number of hydrogen-bond donors (Lipinski definition) is 1. The van der Waals surface area contributed by atoms with E-state index in [4.69, 9.17) is 5.73 Å². The van der Waals surface area contributed by atoms with Gasteiger partial charge in [-0.3, -0.25) is 0 Å². The van der Waals surface area contributed by atoms with E-state index in [0.717, 1.165) is 16.7 Å². The molecule has 2 aromatic rings. The number of aryl methyl sites for hydroxylation is 1. The number of anilines is 1. The third-order valence-corrected chi connectivity index (χ3v) is 3.13. The van der Waals surface area contributed by atoms with E-state index in [1.165, 1.54) is 23.9 Å². The number of fused-ring (bicyclic) bond motifs is 1. The molecule has 2 N–H and O–H groups in total. The molecule has 0 unspecified atom stereocenters. The number of rotatable bonds is 4. The van der Waals surface area contributed by atoms with Gasteiger partial charge in [0.05, 0.1) is 34.1 Å². The first-order chi connectivity index (χ1) is 8.46. The zero-order valence-electron chi connectivity index (χ0n) is 11.6. The second kappa shape index (κ2) is 4.94. The second-order valence-electron chi connectivity index (χ2n) is 5.89. The Labute approximate surface area is 109 Å². The molecular weight excluding hydrogens is 222 g/mol. The minimum absolute atomic E-state index is 0.826. The van der Waals surface area contributed by atoms with Gasteiger partial charge < -0.3 is 10.2 Å². The molecule has 1 aromatic heterocycles. The number of nitrogen functional groups attached to an aromatic ring is 1.